The van der Waals surface area contributed by atoms with E-state index in [1.807, 2.05) is 0 Å². The van der Waals surface area contributed by atoms with E-state index in [4.69, 9.17) is 0 Å². The zero-order valence-electron chi connectivity index (χ0n) is 10.3. The van der Waals surface area contributed by atoms with Crippen molar-refractivity contribution < 1.29 is 13.2 Å². The highest BCUT2D eigenvalue weighted by Gasteiger charge is 2.22. The largest absolute Gasteiger partial charge is 0.352 e. The average molecular weight is 259 g/mol. The second-order valence-corrected chi connectivity index (χ2v) is 4.40. The summed E-state index contributed by atoms with van der Waals surface area (Å²) in [5.41, 5.74) is 0. The Morgan fingerprint density at radius 3 is 2.39 bits per heavy atom. The van der Waals surface area contributed by atoms with Gasteiger partial charge in [-0.15, -0.1) is 0 Å². The van der Waals surface area contributed by atoms with Gasteiger partial charge in [0.25, 0.3) is 5.95 Å². The van der Waals surface area contributed by atoms with Crippen molar-refractivity contribution in [2.45, 2.75) is 13.3 Å². The molecule has 1 saturated heterocycles. The van der Waals surface area contributed by atoms with Gasteiger partial charge in [0, 0.05) is 32.2 Å². The van der Waals surface area contributed by atoms with E-state index >= 15 is 0 Å². The molecule has 0 saturated carbocycles. The summed E-state index contributed by atoms with van der Waals surface area (Å²) in [5, 5.41) is 0. The molecule has 0 N–H and O–H groups in total. The number of rotatable bonds is 3. The highest BCUT2D eigenvalue weighted by molar-refractivity contribution is 5.40. The number of hydrogen-bond acceptors (Lipinski definition) is 3. The topological polar surface area (TPSA) is 19.4 Å². The van der Waals surface area contributed by atoms with Crippen LogP contribution in [0.2, 0.25) is 0 Å². The average Bonchev–Trinajstić information content (AvgIpc) is 2.35. The van der Waals surface area contributed by atoms with E-state index < -0.39 is 17.6 Å². The first-order valence-corrected chi connectivity index (χ1v) is 6.10. The molecule has 2 heterocycles. The van der Waals surface area contributed by atoms with Gasteiger partial charge in [0.2, 0.25) is 0 Å². The summed E-state index contributed by atoms with van der Waals surface area (Å²) in [4.78, 5) is 7.27. The smallest absolute Gasteiger partial charge is 0.251 e. The molecule has 0 radical (unpaired) electrons. The van der Waals surface area contributed by atoms with E-state index in [-0.39, 0.29) is 5.82 Å². The molecule has 0 amide bonds. The number of aromatic nitrogens is 1. The summed E-state index contributed by atoms with van der Waals surface area (Å²) in [6.07, 6.45) is 1.07. The number of pyridine rings is 1. The van der Waals surface area contributed by atoms with E-state index in [2.05, 4.69) is 16.8 Å². The Hall–Kier alpha value is -1.30. The highest BCUT2D eigenvalue weighted by Crippen LogP contribution is 2.20. The molecule has 0 spiro atoms. The lowest BCUT2D eigenvalue weighted by molar-refractivity contribution is 0.256. The summed E-state index contributed by atoms with van der Waals surface area (Å²) >= 11 is 0. The van der Waals surface area contributed by atoms with Gasteiger partial charge in [0.1, 0.15) is 0 Å². The number of piperazine rings is 1. The Labute approximate surface area is 104 Å². The van der Waals surface area contributed by atoms with Crippen LogP contribution in [0.5, 0.6) is 0 Å². The molecule has 1 fully saturated rings. The normalized spacial score (nSPS) is 17.2. The maximum atomic E-state index is 13.5. The summed E-state index contributed by atoms with van der Waals surface area (Å²) in [7, 11) is 0. The van der Waals surface area contributed by atoms with Crippen LogP contribution < -0.4 is 4.90 Å². The standard InChI is InChI=1S/C12H16F3N3/c1-2-3-17-4-6-18(7-5-17)12-10(14)8-9(13)11(15)16-12/h8H,2-7H2,1H3. The summed E-state index contributed by atoms with van der Waals surface area (Å²) in [5.74, 6) is -3.40. The van der Waals surface area contributed by atoms with Gasteiger partial charge in [-0.3, -0.25) is 4.90 Å². The van der Waals surface area contributed by atoms with E-state index in [0.717, 1.165) is 26.1 Å². The fourth-order valence-corrected chi connectivity index (χ4v) is 2.16. The Morgan fingerprint density at radius 1 is 1.11 bits per heavy atom. The lowest BCUT2D eigenvalue weighted by Gasteiger charge is -2.35. The van der Waals surface area contributed by atoms with Crippen molar-refractivity contribution in [3.05, 3.63) is 23.6 Å². The summed E-state index contributed by atoms with van der Waals surface area (Å²) < 4.78 is 39.3. The van der Waals surface area contributed by atoms with Crippen LogP contribution in [0.15, 0.2) is 6.07 Å². The van der Waals surface area contributed by atoms with Gasteiger partial charge >= 0.3 is 0 Å². The molecule has 6 heteroatoms. The van der Waals surface area contributed by atoms with Gasteiger partial charge in [-0.25, -0.2) is 8.78 Å². The predicted octanol–water partition coefficient (Wildman–Crippen LogP) is 2.03. The van der Waals surface area contributed by atoms with E-state index in [1.54, 1.807) is 4.90 Å². The Bertz CT molecular complexity index is 417. The van der Waals surface area contributed by atoms with Crippen LogP contribution in [0.1, 0.15) is 13.3 Å². The minimum atomic E-state index is -1.25. The Balaban J connectivity index is 2.07. The first kappa shape index (κ1) is 13.1. The minimum absolute atomic E-state index is 0.0925. The van der Waals surface area contributed by atoms with Gasteiger partial charge in [-0.05, 0) is 13.0 Å². The van der Waals surface area contributed by atoms with Crippen LogP contribution in [0.4, 0.5) is 19.0 Å². The van der Waals surface area contributed by atoms with Crippen LogP contribution in [-0.4, -0.2) is 42.6 Å². The predicted molar refractivity (Wildman–Crippen MR) is 63.1 cm³/mol. The van der Waals surface area contributed by atoms with Crippen LogP contribution in [-0.2, 0) is 0 Å². The van der Waals surface area contributed by atoms with Crippen LogP contribution >= 0.6 is 0 Å². The van der Waals surface area contributed by atoms with Crippen LogP contribution in [0.25, 0.3) is 0 Å². The quantitative estimate of drug-likeness (QED) is 0.774. The van der Waals surface area contributed by atoms with Crippen LogP contribution in [0.3, 0.4) is 0 Å². The first-order valence-electron chi connectivity index (χ1n) is 6.10. The molecule has 0 aromatic carbocycles. The number of nitrogens with zero attached hydrogens (tertiary/aromatic N) is 3. The molecule has 1 aliphatic rings. The number of anilines is 1. The van der Waals surface area contributed by atoms with Crippen molar-refractivity contribution in [1.29, 1.82) is 0 Å². The van der Waals surface area contributed by atoms with Gasteiger partial charge < -0.3 is 4.90 Å². The minimum Gasteiger partial charge on any atom is -0.352 e. The highest BCUT2D eigenvalue weighted by atomic mass is 19.2. The Kier molecular flexibility index (Phi) is 4.06. The maximum absolute atomic E-state index is 13.5. The van der Waals surface area contributed by atoms with Gasteiger partial charge in [0.05, 0.1) is 0 Å². The molecular formula is C12H16F3N3. The van der Waals surface area contributed by atoms with Crippen molar-refractivity contribution in [2.75, 3.05) is 37.6 Å². The third-order valence-electron chi connectivity index (χ3n) is 3.08. The van der Waals surface area contributed by atoms with Gasteiger partial charge in [-0.2, -0.15) is 9.37 Å². The fraction of sp³-hybridized carbons (Fsp3) is 0.583. The lowest BCUT2D eigenvalue weighted by Crippen LogP contribution is -2.47. The summed E-state index contributed by atoms with van der Waals surface area (Å²) in [6.45, 7) is 5.83. The second-order valence-electron chi connectivity index (χ2n) is 4.40. The molecule has 3 nitrogen and oxygen atoms in total. The molecule has 1 aromatic heterocycles. The molecule has 0 atom stereocenters. The number of halogens is 3. The molecular weight excluding hydrogens is 243 g/mol. The van der Waals surface area contributed by atoms with Crippen LogP contribution in [0, 0.1) is 17.6 Å². The molecule has 1 aliphatic heterocycles. The maximum Gasteiger partial charge on any atom is 0.251 e. The molecule has 2 rings (SSSR count). The molecule has 0 bridgehead atoms. The molecule has 18 heavy (non-hydrogen) atoms. The zero-order chi connectivity index (χ0) is 13.1. The Morgan fingerprint density at radius 2 is 1.78 bits per heavy atom. The van der Waals surface area contributed by atoms with E-state index in [0.29, 0.717) is 19.2 Å². The van der Waals surface area contributed by atoms with Gasteiger partial charge in [0.15, 0.2) is 17.5 Å². The number of hydrogen-bond donors (Lipinski definition) is 0. The van der Waals surface area contributed by atoms with Crippen molar-refractivity contribution in [1.82, 2.24) is 9.88 Å². The van der Waals surface area contributed by atoms with E-state index in [1.165, 1.54) is 0 Å². The molecule has 0 aliphatic carbocycles. The molecule has 100 valence electrons. The monoisotopic (exact) mass is 259 g/mol. The van der Waals surface area contributed by atoms with E-state index in [9.17, 15) is 13.2 Å². The van der Waals surface area contributed by atoms with Gasteiger partial charge in [-0.1, -0.05) is 6.92 Å². The molecule has 1 aromatic rings. The lowest BCUT2D eigenvalue weighted by atomic mass is 10.3. The van der Waals surface area contributed by atoms with Crippen molar-refractivity contribution in [3.63, 3.8) is 0 Å². The van der Waals surface area contributed by atoms with Crippen molar-refractivity contribution in [2.24, 2.45) is 0 Å². The first-order chi connectivity index (χ1) is 8.61. The summed E-state index contributed by atoms with van der Waals surface area (Å²) in [6, 6.07) is 0.552. The molecule has 0 unspecified atom stereocenters. The SMILES string of the molecule is CCCN1CCN(c2nc(F)c(F)cc2F)CC1. The zero-order valence-corrected chi connectivity index (χ0v) is 10.3. The third kappa shape index (κ3) is 2.75. The van der Waals surface area contributed by atoms with Crippen molar-refractivity contribution in [3.8, 4) is 0 Å². The fourth-order valence-electron chi connectivity index (χ4n) is 2.16. The third-order valence-corrected chi connectivity index (χ3v) is 3.08. The van der Waals surface area contributed by atoms with Crippen molar-refractivity contribution >= 4 is 5.82 Å². The second kappa shape index (κ2) is 5.56.